The second kappa shape index (κ2) is 8.43. The number of nitrogens with one attached hydrogen (secondary N) is 1. The van der Waals surface area contributed by atoms with Gasteiger partial charge in [0.1, 0.15) is 0 Å². The van der Waals surface area contributed by atoms with Gasteiger partial charge in [-0.1, -0.05) is 0 Å². The molecule has 1 aliphatic heterocycles. The first kappa shape index (κ1) is 19.4. The topological polar surface area (TPSA) is 93.5 Å². The summed E-state index contributed by atoms with van der Waals surface area (Å²) < 4.78 is 27.0. The third-order valence-electron chi connectivity index (χ3n) is 4.30. The number of likely N-dealkylation sites (tertiary alicyclic amines) is 1. The van der Waals surface area contributed by atoms with Crippen molar-refractivity contribution in [2.45, 2.75) is 30.2 Å². The Morgan fingerprint density at radius 2 is 2.04 bits per heavy atom. The highest BCUT2D eigenvalue weighted by atomic mass is 32.2. The van der Waals surface area contributed by atoms with Gasteiger partial charge in [-0.05, 0) is 50.1 Å². The van der Waals surface area contributed by atoms with Gasteiger partial charge in [-0.3, -0.25) is 9.69 Å². The average Bonchev–Trinajstić information content (AvgIpc) is 3.06. The summed E-state index contributed by atoms with van der Waals surface area (Å²) in [6.07, 6.45) is 2.47. The number of nitriles is 1. The second-order valence-corrected chi connectivity index (χ2v) is 8.08. The van der Waals surface area contributed by atoms with E-state index in [0.717, 1.165) is 19.4 Å². The Morgan fingerprint density at radius 3 is 2.64 bits per heavy atom. The number of carbonyl (C=O) groups is 1. The Bertz CT molecular complexity index is 738. The number of amides is 1. The predicted octanol–water partition coefficient (Wildman–Crippen LogP) is 0.779. The molecular weight excluding hydrogens is 340 g/mol. The zero-order valence-electron chi connectivity index (χ0n) is 14.6. The molecule has 0 radical (unpaired) electrons. The van der Waals surface area contributed by atoms with E-state index in [1.54, 1.807) is 19.0 Å². The van der Waals surface area contributed by atoms with Crippen LogP contribution in [0.4, 0.5) is 0 Å². The standard InChI is InChI=1S/C17H24N4O3S/c1-20(2)17(22)16-5-3-11-21(16)12-4-10-19-25(23,24)15-8-6-14(13-18)7-9-15/h6-9,16,19H,3-5,10-12H2,1-2H3. The lowest BCUT2D eigenvalue weighted by atomic mass is 10.2. The van der Waals surface area contributed by atoms with Crippen LogP contribution in [-0.4, -0.2) is 63.9 Å². The van der Waals surface area contributed by atoms with Crippen LogP contribution in [0.2, 0.25) is 0 Å². The molecular formula is C17H24N4O3S. The van der Waals surface area contributed by atoms with E-state index in [4.69, 9.17) is 5.26 Å². The molecule has 1 saturated heterocycles. The second-order valence-electron chi connectivity index (χ2n) is 6.31. The zero-order valence-corrected chi connectivity index (χ0v) is 15.4. The van der Waals surface area contributed by atoms with Gasteiger partial charge in [0.25, 0.3) is 0 Å². The van der Waals surface area contributed by atoms with E-state index in [2.05, 4.69) is 9.62 Å². The Morgan fingerprint density at radius 1 is 1.36 bits per heavy atom. The van der Waals surface area contributed by atoms with Crippen molar-refractivity contribution in [2.24, 2.45) is 0 Å². The molecule has 1 fully saturated rings. The van der Waals surface area contributed by atoms with E-state index < -0.39 is 10.0 Å². The summed E-state index contributed by atoms with van der Waals surface area (Å²) in [5, 5.41) is 8.76. The van der Waals surface area contributed by atoms with Crippen LogP contribution in [-0.2, 0) is 14.8 Å². The van der Waals surface area contributed by atoms with Gasteiger partial charge in [0, 0.05) is 27.2 Å². The first-order valence-electron chi connectivity index (χ1n) is 8.30. The van der Waals surface area contributed by atoms with Crippen LogP contribution in [0.3, 0.4) is 0 Å². The molecule has 0 saturated carbocycles. The fraction of sp³-hybridized carbons (Fsp3) is 0.529. The largest absolute Gasteiger partial charge is 0.347 e. The van der Waals surface area contributed by atoms with Gasteiger partial charge in [-0.25, -0.2) is 13.1 Å². The van der Waals surface area contributed by atoms with E-state index in [1.165, 1.54) is 24.3 Å². The summed E-state index contributed by atoms with van der Waals surface area (Å²) >= 11 is 0. The lowest BCUT2D eigenvalue weighted by Gasteiger charge is -2.26. The van der Waals surface area contributed by atoms with Gasteiger partial charge in [0.2, 0.25) is 15.9 Å². The molecule has 1 N–H and O–H groups in total. The molecule has 0 aromatic heterocycles. The molecule has 8 heteroatoms. The Labute approximate surface area is 149 Å². The predicted molar refractivity (Wildman–Crippen MR) is 94.3 cm³/mol. The number of rotatable bonds is 7. The maximum absolute atomic E-state index is 12.2. The zero-order chi connectivity index (χ0) is 18.4. The summed E-state index contributed by atoms with van der Waals surface area (Å²) in [6, 6.07) is 7.68. The van der Waals surface area contributed by atoms with E-state index >= 15 is 0 Å². The Balaban J connectivity index is 1.83. The molecule has 1 amide bonds. The number of likely N-dealkylation sites (N-methyl/N-ethyl adjacent to an activating group) is 1. The average molecular weight is 364 g/mol. The van der Waals surface area contributed by atoms with Crippen LogP contribution in [0.15, 0.2) is 29.2 Å². The summed E-state index contributed by atoms with van der Waals surface area (Å²) in [5.41, 5.74) is 0.421. The van der Waals surface area contributed by atoms with Crippen molar-refractivity contribution >= 4 is 15.9 Å². The van der Waals surface area contributed by atoms with E-state index in [9.17, 15) is 13.2 Å². The molecule has 1 aliphatic rings. The summed E-state index contributed by atoms with van der Waals surface area (Å²) in [5.74, 6) is 0.107. The van der Waals surface area contributed by atoms with Crippen molar-refractivity contribution in [2.75, 3.05) is 33.7 Å². The van der Waals surface area contributed by atoms with Crippen LogP contribution in [0.5, 0.6) is 0 Å². The van der Waals surface area contributed by atoms with Crippen LogP contribution >= 0.6 is 0 Å². The molecule has 0 aliphatic carbocycles. The Kier molecular flexibility index (Phi) is 6.53. The summed E-state index contributed by atoms with van der Waals surface area (Å²) in [6.45, 7) is 1.86. The number of sulfonamides is 1. The lowest BCUT2D eigenvalue weighted by Crippen LogP contribution is -2.43. The molecule has 1 aromatic carbocycles. The third-order valence-corrected chi connectivity index (χ3v) is 5.77. The molecule has 136 valence electrons. The van der Waals surface area contributed by atoms with Gasteiger partial charge in [0.05, 0.1) is 22.6 Å². The lowest BCUT2D eigenvalue weighted by molar-refractivity contribution is -0.133. The fourth-order valence-electron chi connectivity index (χ4n) is 2.95. The van der Waals surface area contributed by atoms with Crippen molar-refractivity contribution in [3.05, 3.63) is 29.8 Å². The molecule has 25 heavy (non-hydrogen) atoms. The van der Waals surface area contributed by atoms with Gasteiger partial charge in [-0.2, -0.15) is 5.26 Å². The van der Waals surface area contributed by atoms with Crippen molar-refractivity contribution in [3.63, 3.8) is 0 Å². The molecule has 1 heterocycles. The maximum atomic E-state index is 12.2. The smallest absolute Gasteiger partial charge is 0.240 e. The van der Waals surface area contributed by atoms with Gasteiger partial charge >= 0.3 is 0 Å². The summed E-state index contributed by atoms with van der Waals surface area (Å²) in [7, 11) is -0.0684. The van der Waals surface area contributed by atoms with E-state index in [0.29, 0.717) is 25.1 Å². The molecule has 0 spiro atoms. The normalized spacial score (nSPS) is 18.0. The van der Waals surface area contributed by atoms with Crippen molar-refractivity contribution in [1.82, 2.24) is 14.5 Å². The molecule has 7 nitrogen and oxygen atoms in total. The highest BCUT2D eigenvalue weighted by Crippen LogP contribution is 2.18. The minimum Gasteiger partial charge on any atom is -0.347 e. The van der Waals surface area contributed by atoms with E-state index in [1.807, 2.05) is 6.07 Å². The van der Waals surface area contributed by atoms with Crippen LogP contribution < -0.4 is 4.72 Å². The van der Waals surface area contributed by atoms with Gasteiger partial charge < -0.3 is 4.90 Å². The SMILES string of the molecule is CN(C)C(=O)C1CCCN1CCCNS(=O)(=O)c1ccc(C#N)cc1. The molecule has 2 rings (SSSR count). The number of nitrogens with zero attached hydrogens (tertiary/aromatic N) is 3. The number of benzene rings is 1. The minimum atomic E-state index is -3.58. The minimum absolute atomic E-state index is 0.0925. The summed E-state index contributed by atoms with van der Waals surface area (Å²) in [4.78, 5) is 16.0. The van der Waals surface area contributed by atoms with Crippen molar-refractivity contribution < 1.29 is 13.2 Å². The third kappa shape index (κ3) is 5.01. The van der Waals surface area contributed by atoms with Crippen molar-refractivity contribution in [3.8, 4) is 6.07 Å². The molecule has 1 unspecified atom stereocenters. The first-order valence-corrected chi connectivity index (χ1v) is 9.78. The van der Waals surface area contributed by atoms with Crippen molar-refractivity contribution in [1.29, 1.82) is 5.26 Å². The monoisotopic (exact) mass is 364 g/mol. The quantitative estimate of drug-likeness (QED) is 0.722. The highest BCUT2D eigenvalue weighted by Gasteiger charge is 2.31. The Hall–Kier alpha value is -1.95. The molecule has 1 aromatic rings. The highest BCUT2D eigenvalue weighted by molar-refractivity contribution is 7.89. The number of carbonyl (C=O) groups excluding carboxylic acids is 1. The van der Waals surface area contributed by atoms with Gasteiger partial charge in [-0.15, -0.1) is 0 Å². The fourth-order valence-corrected chi connectivity index (χ4v) is 4.03. The van der Waals surface area contributed by atoms with E-state index in [-0.39, 0.29) is 16.8 Å². The molecule has 0 bridgehead atoms. The van der Waals surface area contributed by atoms with Gasteiger partial charge in [0.15, 0.2) is 0 Å². The molecule has 1 atom stereocenters. The maximum Gasteiger partial charge on any atom is 0.240 e. The van der Waals surface area contributed by atoms with Crippen LogP contribution in [0.25, 0.3) is 0 Å². The van der Waals surface area contributed by atoms with Crippen LogP contribution in [0.1, 0.15) is 24.8 Å². The first-order chi connectivity index (χ1) is 11.8. The number of hydrogen-bond acceptors (Lipinski definition) is 5. The van der Waals surface area contributed by atoms with Crippen LogP contribution in [0, 0.1) is 11.3 Å². The number of hydrogen-bond donors (Lipinski definition) is 1.